The molecule has 1 fully saturated rings. The maximum Gasteiger partial charge on any atom is 0.183 e. The van der Waals surface area contributed by atoms with E-state index < -0.39 is 9.84 Å². The number of nitrogens with two attached hydrogens (primary N) is 1. The van der Waals surface area contributed by atoms with Gasteiger partial charge in [-0.05, 0) is 18.8 Å². The Balaban J connectivity index is 2.55. The summed E-state index contributed by atoms with van der Waals surface area (Å²) in [6, 6.07) is 2.00. The molecule has 1 saturated heterocycles. The van der Waals surface area contributed by atoms with Crippen LogP contribution in [0.3, 0.4) is 0 Å². The molecule has 0 saturated carbocycles. The highest BCUT2D eigenvalue weighted by molar-refractivity contribution is 7.91. The fraction of sp³-hybridized carbons (Fsp3) is 0.615. The van der Waals surface area contributed by atoms with E-state index in [9.17, 15) is 8.42 Å². The van der Waals surface area contributed by atoms with Gasteiger partial charge in [-0.1, -0.05) is 13.8 Å². The van der Waals surface area contributed by atoms with Crippen molar-refractivity contribution in [3.63, 3.8) is 0 Å². The van der Waals surface area contributed by atoms with Gasteiger partial charge in [-0.25, -0.2) is 8.42 Å². The van der Waals surface area contributed by atoms with Crippen LogP contribution in [-0.4, -0.2) is 27.3 Å². The third-order valence-corrected chi connectivity index (χ3v) is 6.71. The van der Waals surface area contributed by atoms with Gasteiger partial charge in [-0.3, -0.25) is 0 Å². The molecule has 0 amide bonds. The largest absolute Gasteiger partial charge is 0.396 e. The van der Waals surface area contributed by atoms with Gasteiger partial charge in [0.05, 0.1) is 11.4 Å². The topological polar surface area (TPSA) is 87.2 Å². The summed E-state index contributed by atoms with van der Waals surface area (Å²) in [5.41, 5.74) is 6.02. The van der Waals surface area contributed by atoms with Crippen molar-refractivity contribution in [3.05, 3.63) is 4.88 Å². The quantitative estimate of drug-likeness (QED) is 0.924. The number of nitrogens with zero attached hydrogens (tertiary/aromatic N) is 2. The fourth-order valence-electron chi connectivity index (χ4n) is 2.53. The smallest absolute Gasteiger partial charge is 0.183 e. The van der Waals surface area contributed by atoms with Crippen molar-refractivity contribution in [3.8, 4) is 6.07 Å². The lowest BCUT2D eigenvalue weighted by molar-refractivity contribution is 0.447. The van der Waals surface area contributed by atoms with Crippen molar-refractivity contribution < 1.29 is 8.42 Å². The number of thiophene rings is 1. The molecular formula is C13H19N3O2S2. The lowest BCUT2D eigenvalue weighted by atomic mass is 10.0. The Morgan fingerprint density at radius 2 is 2.25 bits per heavy atom. The second-order valence-electron chi connectivity index (χ2n) is 5.19. The summed E-state index contributed by atoms with van der Waals surface area (Å²) in [5.74, 6) is 0.518. The van der Waals surface area contributed by atoms with Crippen molar-refractivity contribution in [1.29, 1.82) is 5.26 Å². The van der Waals surface area contributed by atoms with E-state index in [1.807, 2.05) is 6.07 Å². The van der Waals surface area contributed by atoms with Crippen LogP contribution in [0.1, 0.15) is 31.6 Å². The van der Waals surface area contributed by atoms with E-state index in [0.717, 1.165) is 25.9 Å². The maximum absolute atomic E-state index is 12.3. The summed E-state index contributed by atoms with van der Waals surface area (Å²) < 4.78 is 24.6. The van der Waals surface area contributed by atoms with Crippen LogP contribution in [0.4, 0.5) is 10.7 Å². The normalized spacial score (nSPS) is 19.9. The summed E-state index contributed by atoms with van der Waals surface area (Å²) in [7, 11) is -3.42. The van der Waals surface area contributed by atoms with E-state index in [4.69, 9.17) is 11.0 Å². The first-order valence-corrected chi connectivity index (χ1v) is 9.17. The van der Waals surface area contributed by atoms with Gasteiger partial charge in [0.2, 0.25) is 0 Å². The Hall–Kier alpha value is -1.26. The Morgan fingerprint density at radius 1 is 1.55 bits per heavy atom. The van der Waals surface area contributed by atoms with Gasteiger partial charge < -0.3 is 10.6 Å². The van der Waals surface area contributed by atoms with Crippen molar-refractivity contribution >= 4 is 31.9 Å². The Morgan fingerprint density at radius 3 is 2.80 bits per heavy atom. The SMILES string of the molecule is CCS(=O)(=O)c1c(N2CCCC(C)C2)sc(C#N)c1N. The molecule has 1 aromatic rings. The molecule has 110 valence electrons. The van der Waals surface area contributed by atoms with E-state index in [-0.39, 0.29) is 16.3 Å². The minimum atomic E-state index is -3.42. The van der Waals surface area contributed by atoms with Crippen LogP contribution in [0.2, 0.25) is 0 Å². The van der Waals surface area contributed by atoms with Gasteiger partial charge in [-0.2, -0.15) is 5.26 Å². The summed E-state index contributed by atoms with van der Waals surface area (Å²) in [6.07, 6.45) is 2.19. The first-order chi connectivity index (χ1) is 9.40. The molecule has 2 N–H and O–H groups in total. The predicted octanol–water partition coefficient (Wildman–Crippen LogP) is 2.23. The lowest BCUT2D eigenvalue weighted by Gasteiger charge is -2.32. The number of hydrogen-bond donors (Lipinski definition) is 1. The van der Waals surface area contributed by atoms with Crippen molar-refractivity contribution in [1.82, 2.24) is 0 Å². The summed E-state index contributed by atoms with van der Waals surface area (Å²) in [4.78, 5) is 2.53. The van der Waals surface area contributed by atoms with Crippen molar-refractivity contribution in [2.24, 2.45) is 5.92 Å². The Kier molecular flexibility index (Phi) is 4.25. The zero-order valence-electron chi connectivity index (χ0n) is 11.7. The lowest BCUT2D eigenvalue weighted by Crippen LogP contribution is -2.34. The van der Waals surface area contributed by atoms with Crippen LogP contribution >= 0.6 is 11.3 Å². The Bertz CT molecular complexity index is 643. The van der Waals surface area contributed by atoms with E-state index >= 15 is 0 Å². The van der Waals surface area contributed by atoms with Gasteiger partial charge in [0.25, 0.3) is 0 Å². The molecule has 0 aliphatic carbocycles. The molecule has 1 atom stereocenters. The maximum atomic E-state index is 12.3. The predicted molar refractivity (Wildman–Crippen MR) is 81.8 cm³/mol. The zero-order chi connectivity index (χ0) is 14.9. The highest BCUT2D eigenvalue weighted by Gasteiger charge is 2.30. The molecule has 0 spiro atoms. The third-order valence-electron chi connectivity index (χ3n) is 3.62. The van der Waals surface area contributed by atoms with Crippen molar-refractivity contribution in [2.45, 2.75) is 31.6 Å². The highest BCUT2D eigenvalue weighted by Crippen LogP contribution is 2.42. The first-order valence-electron chi connectivity index (χ1n) is 6.70. The molecule has 1 aromatic heterocycles. The number of rotatable bonds is 3. The fourth-order valence-corrected chi connectivity index (χ4v) is 5.17. The number of piperidine rings is 1. The second kappa shape index (κ2) is 5.62. The second-order valence-corrected chi connectivity index (χ2v) is 8.40. The number of nitrogen functional groups attached to an aromatic ring is 1. The molecule has 2 heterocycles. The Labute approximate surface area is 123 Å². The van der Waals surface area contributed by atoms with Crippen LogP contribution in [0.25, 0.3) is 0 Å². The molecule has 1 aliphatic rings. The average molecular weight is 313 g/mol. The van der Waals surface area contributed by atoms with Crippen LogP contribution in [-0.2, 0) is 9.84 Å². The van der Waals surface area contributed by atoms with Gasteiger partial charge in [0.15, 0.2) is 9.84 Å². The zero-order valence-corrected chi connectivity index (χ0v) is 13.4. The van der Waals surface area contributed by atoms with Gasteiger partial charge in [0.1, 0.15) is 20.8 Å². The molecule has 7 heteroatoms. The molecule has 0 bridgehead atoms. The van der Waals surface area contributed by atoms with Gasteiger partial charge in [-0.15, -0.1) is 11.3 Å². The van der Waals surface area contributed by atoms with Gasteiger partial charge in [0, 0.05) is 13.1 Å². The van der Waals surface area contributed by atoms with Crippen molar-refractivity contribution in [2.75, 3.05) is 29.5 Å². The molecule has 0 radical (unpaired) electrons. The number of hydrogen-bond acceptors (Lipinski definition) is 6. The van der Waals surface area contributed by atoms with Crippen LogP contribution in [0.5, 0.6) is 0 Å². The summed E-state index contributed by atoms with van der Waals surface area (Å²) >= 11 is 1.20. The molecule has 2 rings (SSSR count). The minimum absolute atomic E-state index is 0.00477. The third kappa shape index (κ3) is 2.63. The first kappa shape index (κ1) is 15.1. The standard InChI is InChI=1S/C13H19N3O2S2/c1-3-20(17,18)12-11(15)10(7-14)19-13(12)16-6-4-5-9(2)8-16/h9H,3-6,8,15H2,1-2H3. The van der Waals surface area contributed by atoms with Crippen LogP contribution in [0.15, 0.2) is 4.90 Å². The van der Waals surface area contributed by atoms with E-state index in [0.29, 0.717) is 15.8 Å². The van der Waals surface area contributed by atoms with E-state index in [1.54, 1.807) is 6.92 Å². The molecule has 0 aromatic carbocycles. The summed E-state index contributed by atoms with van der Waals surface area (Å²) in [5, 5.41) is 9.76. The number of anilines is 2. The molecule has 5 nitrogen and oxygen atoms in total. The number of sulfone groups is 1. The molecule has 20 heavy (non-hydrogen) atoms. The molecular weight excluding hydrogens is 294 g/mol. The minimum Gasteiger partial charge on any atom is -0.396 e. The van der Waals surface area contributed by atoms with Gasteiger partial charge >= 0.3 is 0 Å². The number of nitriles is 1. The monoisotopic (exact) mass is 313 g/mol. The van der Waals surface area contributed by atoms with E-state index in [1.165, 1.54) is 11.3 Å². The van der Waals surface area contributed by atoms with Crippen LogP contribution < -0.4 is 10.6 Å². The highest BCUT2D eigenvalue weighted by atomic mass is 32.2. The average Bonchev–Trinajstić information content (AvgIpc) is 2.76. The summed E-state index contributed by atoms with van der Waals surface area (Å²) in [6.45, 7) is 5.39. The van der Waals surface area contributed by atoms with E-state index in [2.05, 4.69) is 11.8 Å². The van der Waals surface area contributed by atoms with Crippen LogP contribution in [0, 0.1) is 17.2 Å². The molecule has 1 unspecified atom stereocenters. The molecule has 1 aliphatic heterocycles.